The van der Waals surface area contributed by atoms with Crippen molar-refractivity contribution in [3.8, 4) is 0 Å². The van der Waals surface area contributed by atoms with Crippen LogP contribution in [0.3, 0.4) is 0 Å². The first-order chi connectivity index (χ1) is 9.54. The van der Waals surface area contributed by atoms with Crippen LogP contribution in [-0.4, -0.2) is 8.42 Å². The molecule has 1 aliphatic rings. The van der Waals surface area contributed by atoms with Crippen molar-refractivity contribution in [3.63, 3.8) is 0 Å². The average Bonchev–Trinajstić information content (AvgIpc) is 2.85. The molecule has 0 bridgehead atoms. The molecule has 0 spiro atoms. The SMILES string of the molecule is O=S(=O)(Nc1cccc(I)c1)c1ccc2c(c1)CCC2. The van der Waals surface area contributed by atoms with Crippen LogP contribution in [0.25, 0.3) is 0 Å². The molecule has 5 heteroatoms. The summed E-state index contributed by atoms with van der Waals surface area (Å²) in [4.78, 5) is 0.344. The van der Waals surface area contributed by atoms with Crippen LogP contribution in [0.4, 0.5) is 5.69 Å². The van der Waals surface area contributed by atoms with Gasteiger partial charge in [0.25, 0.3) is 10.0 Å². The molecule has 1 N–H and O–H groups in total. The van der Waals surface area contributed by atoms with Crippen LogP contribution in [0.1, 0.15) is 17.5 Å². The van der Waals surface area contributed by atoms with E-state index in [0.29, 0.717) is 10.6 Å². The Bertz CT molecular complexity index is 756. The predicted molar refractivity (Wildman–Crippen MR) is 88.4 cm³/mol. The van der Waals surface area contributed by atoms with Gasteiger partial charge < -0.3 is 0 Å². The molecule has 1 aliphatic carbocycles. The minimum atomic E-state index is -3.50. The van der Waals surface area contributed by atoms with Gasteiger partial charge in [0.2, 0.25) is 0 Å². The summed E-state index contributed by atoms with van der Waals surface area (Å²) in [5.41, 5.74) is 3.03. The van der Waals surface area contributed by atoms with Gasteiger partial charge in [-0.1, -0.05) is 12.1 Å². The largest absolute Gasteiger partial charge is 0.280 e. The first kappa shape index (κ1) is 13.9. The minimum Gasteiger partial charge on any atom is -0.280 e. The van der Waals surface area contributed by atoms with E-state index in [4.69, 9.17) is 0 Å². The van der Waals surface area contributed by atoms with E-state index in [9.17, 15) is 8.42 Å². The lowest BCUT2D eigenvalue weighted by Crippen LogP contribution is -2.13. The predicted octanol–water partition coefficient (Wildman–Crippen LogP) is 3.58. The van der Waals surface area contributed by atoms with Crippen LogP contribution >= 0.6 is 22.6 Å². The molecule has 0 saturated carbocycles. The molecule has 3 rings (SSSR count). The number of nitrogens with one attached hydrogen (secondary N) is 1. The minimum absolute atomic E-state index is 0.344. The Hall–Kier alpha value is -1.08. The third-order valence-electron chi connectivity index (χ3n) is 3.46. The molecule has 2 aromatic rings. The molecule has 104 valence electrons. The fraction of sp³-hybridized carbons (Fsp3) is 0.200. The second-order valence-corrected chi connectivity index (χ2v) is 7.83. The van der Waals surface area contributed by atoms with Crippen molar-refractivity contribution in [3.05, 3.63) is 57.2 Å². The second kappa shape index (κ2) is 5.37. The molecule has 3 nitrogen and oxygen atoms in total. The van der Waals surface area contributed by atoms with Gasteiger partial charge in [0.1, 0.15) is 0 Å². The molecular weight excluding hydrogens is 385 g/mol. The van der Waals surface area contributed by atoms with E-state index in [-0.39, 0.29) is 0 Å². The Labute approximate surface area is 132 Å². The number of hydrogen-bond acceptors (Lipinski definition) is 2. The van der Waals surface area contributed by atoms with E-state index in [1.807, 2.05) is 24.3 Å². The van der Waals surface area contributed by atoms with Crippen molar-refractivity contribution in [2.24, 2.45) is 0 Å². The number of halogens is 1. The summed E-state index contributed by atoms with van der Waals surface area (Å²) < 4.78 is 28.4. The lowest BCUT2D eigenvalue weighted by molar-refractivity contribution is 0.601. The van der Waals surface area contributed by atoms with Gasteiger partial charge in [-0.05, 0) is 83.3 Å². The first-order valence-electron chi connectivity index (χ1n) is 6.45. The molecular formula is C15H14INO2S. The standard InChI is InChI=1S/C15H14INO2S/c16-13-5-2-6-14(10-13)17-20(18,19)15-8-7-11-3-1-4-12(11)9-15/h2,5-10,17H,1,3-4H2. The Morgan fingerprint density at radius 1 is 1.00 bits per heavy atom. The zero-order valence-corrected chi connectivity index (χ0v) is 13.7. The molecule has 0 radical (unpaired) electrons. The van der Waals surface area contributed by atoms with Crippen LogP contribution in [0.15, 0.2) is 47.4 Å². The summed E-state index contributed by atoms with van der Waals surface area (Å²) in [6.07, 6.45) is 3.14. The molecule has 0 unspecified atom stereocenters. The number of sulfonamides is 1. The summed E-state index contributed by atoms with van der Waals surface area (Å²) in [5.74, 6) is 0. The molecule has 0 aliphatic heterocycles. The van der Waals surface area contributed by atoms with Crippen molar-refractivity contribution in [2.75, 3.05) is 4.72 Å². The Kier molecular flexibility index (Phi) is 3.72. The van der Waals surface area contributed by atoms with E-state index < -0.39 is 10.0 Å². The molecule has 20 heavy (non-hydrogen) atoms. The van der Waals surface area contributed by atoms with Crippen molar-refractivity contribution >= 4 is 38.3 Å². The third-order valence-corrected chi connectivity index (χ3v) is 5.51. The van der Waals surface area contributed by atoms with Gasteiger partial charge >= 0.3 is 0 Å². The highest BCUT2D eigenvalue weighted by molar-refractivity contribution is 14.1. The highest BCUT2D eigenvalue weighted by atomic mass is 127. The molecule has 0 amide bonds. The molecule has 0 aromatic heterocycles. The number of anilines is 1. The molecule has 0 fully saturated rings. The lowest BCUT2D eigenvalue weighted by atomic mass is 10.1. The summed E-state index contributed by atoms with van der Waals surface area (Å²) in [5, 5.41) is 0. The van der Waals surface area contributed by atoms with Crippen LogP contribution in [-0.2, 0) is 22.9 Å². The number of rotatable bonds is 3. The van der Waals surface area contributed by atoms with Crippen LogP contribution in [0.5, 0.6) is 0 Å². The third kappa shape index (κ3) is 2.83. The van der Waals surface area contributed by atoms with Crippen LogP contribution < -0.4 is 4.72 Å². The Morgan fingerprint density at radius 2 is 1.80 bits per heavy atom. The highest BCUT2D eigenvalue weighted by Gasteiger charge is 2.18. The topological polar surface area (TPSA) is 46.2 Å². The van der Waals surface area contributed by atoms with E-state index >= 15 is 0 Å². The summed E-state index contributed by atoms with van der Waals surface area (Å²) in [6.45, 7) is 0. The summed E-state index contributed by atoms with van der Waals surface area (Å²) in [6, 6.07) is 12.8. The van der Waals surface area contributed by atoms with Crippen LogP contribution in [0, 0.1) is 3.57 Å². The smallest absolute Gasteiger partial charge is 0.261 e. The highest BCUT2D eigenvalue weighted by Crippen LogP contribution is 2.26. The number of aryl methyl sites for hydroxylation is 2. The first-order valence-corrected chi connectivity index (χ1v) is 9.01. The average molecular weight is 399 g/mol. The zero-order chi connectivity index (χ0) is 14.2. The van der Waals surface area contributed by atoms with Crippen molar-refractivity contribution in [2.45, 2.75) is 24.2 Å². The van der Waals surface area contributed by atoms with Gasteiger partial charge in [-0.25, -0.2) is 8.42 Å². The van der Waals surface area contributed by atoms with Crippen molar-refractivity contribution < 1.29 is 8.42 Å². The van der Waals surface area contributed by atoms with Gasteiger partial charge in [-0.3, -0.25) is 4.72 Å². The lowest BCUT2D eigenvalue weighted by Gasteiger charge is -2.10. The maximum atomic E-state index is 12.4. The van der Waals surface area contributed by atoms with Gasteiger partial charge in [-0.2, -0.15) is 0 Å². The number of fused-ring (bicyclic) bond motifs is 1. The maximum Gasteiger partial charge on any atom is 0.261 e. The van der Waals surface area contributed by atoms with E-state index in [0.717, 1.165) is 28.4 Å². The molecule has 0 heterocycles. The van der Waals surface area contributed by atoms with Crippen molar-refractivity contribution in [1.82, 2.24) is 0 Å². The zero-order valence-electron chi connectivity index (χ0n) is 10.8. The fourth-order valence-electron chi connectivity index (χ4n) is 2.48. The van der Waals surface area contributed by atoms with Gasteiger partial charge in [0.15, 0.2) is 0 Å². The number of hydrogen-bond donors (Lipinski definition) is 1. The monoisotopic (exact) mass is 399 g/mol. The van der Waals surface area contributed by atoms with Gasteiger partial charge in [0, 0.05) is 9.26 Å². The number of benzene rings is 2. The summed E-state index contributed by atoms with van der Waals surface area (Å²) >= 11 is 2.16. The fourth-order valence-corrected chi connectivity index (χ4v) is 4.12. The molecule has 0 atom stereocenters. The maximum absolute atomic E-state index is 12.4. The van der Waals surface area contributed by atoms with Gasteiger partial charge in [-0.15, -0.1) is 0 Å². The normalized spacial score (nSPS) is 14.1. The quantitative estimate of drug-likeness (QED) is 0.803. The Morgan fingerprint density at radius 3 is 2.60 bits per heavy atom. The van der Waals surface area contributed by atoms with E-state index in [1.54, 1.807) is 18.2 Å². The van der Waals surface area contributed by atoms with E-state index in [2.05, 4.69) is 27.3 Å². The Balaban J connectivity index is 1.92. The van der Waals surface area contributed by atoms with Gasteiger partial charge in [0.05, 0.1) is 4.90 Å². The second-order valence-electron chi connectivity index (χ2n) is 4.90. The molecule has 0 saturated heterocycles. The van der Waals surface area contributed by atoms with E-state index in [1.165, 1.54) is 5.56 Å². The van der Waals surface area contributed by atoms with Crippen molar-refractivity contribution in [1.29, 1.82) is 0 Å². The molecule has 2 aromatic carbocycles. The summed E-state index contributed by atoms with van der Waals surface area (Å²) in [7, 11) is -3.50. The van der Waals surface area contributed by atoms with Crippen LogP contribution in [0.2, 0.25) is 0 Å².